The first kappa shape index (κ1) is 21.4. The van der Waals surface area contributed by atoms with Crippen molar-refractivity contribution in [1.29, 1.82) is 0 Å². The molecule has 1 saturated heterocycles. The zero-order chi connectivity index (χ0) is 21.2. The number of carboxylic acid groups (broad SMARTS) is 1. The summed E-state index contributed by atoms with van der Waals surface area (Å²) in [6.07, 6.45) is 2.91. The maximum atomic E-state index is 12.2. The van der Waals surface area contributed by atoms with Crippen LogP contribution in [0, 0.1) is 5.92 Å². The zero-order valence-electron chi connectivity index (χ0n) is 17.3. The van der Waals surface area contributed by atoms with Gasteiger partial charge < -0.3 is 9.84 Å². The summed E-state index contributed by atoms with van der Waals surface area (Å²) in [4.78, 5) is 29.7. The second-order valence-electron chi connectivity index (χ2n) is 8.50. The molecule has 0 saturated carbocycles. The lowest BCUT2D eigenvalue weighted by molar-refractivity contribution is 0.00618. The van der Waals surface area contributed by atoms with Crippen LogP contribution in [0.15, 0.2) is 11.4 Å². The lowest BCUT2D eigenvalue weighted by Gasteiger charge is -2.31. The third kappa shape index (κ3) is 5.86. The molecule has 2 aromatic rings. The van der Waals surface area contributed by atoms with Gasteiger partial charge in [0.05, 0.1) is 10.7 Å². The van der Waals surface area contributed by atoms with Crippen LogP contribution in [-0.4, -0.2) is 55.4 Å². The normalized spacial score (nSPS) is 16.1. The number of thiazole rings is 1. The molecule has 0 bridgehead atoms. The molecule has 1 aliphatic rings. The van der Waals surface area contributed by atoms with Crippen LogP contribution in [0.5, 0.6) is 0 Å². The van der Waals surface area contributed by atoms with Gasteiger partial charge in [0.1, 0.15) is 5.60 Å². The van der Waals surface area contributed by atoms with E-state index in [1.807, 2.05) is 33.9 Å². The van der Waals surface area contributed by atoms with E-state index in [2.05, 4.69) is 15.0 Å². The SMILES string of the molecule is Cn1nc(C(=O)OC(C)(C)C)cc1CN1CCC(Cc2nc(C(=O)O)cs2)CC1. The summed E-state index contributed by atoms with van der Waals surface area (Å²) in [5.74, 6) is -0.852. The molecule has 158 valence electrons. The molecular formula is C20H28N4O4S. The smallest absolute Gasteiger partial charge is 0.359 e. The van der Waals surface area contributed by atoms with E-state index in [0.29, 0.717) is 11.6 Å². The third-order valence-electron chi connectivity index (χ3n) is 4.91. The van der Waals surface area contributed by atoms with Crippen LogP contribution >= 0.6 is 11.3 Å². The average molecular weight is 421 g/mol. The summed E-state index contributed by atoms with van der Waals surface area (Å²) in [6.45, 7) is 8.16. The number of ether oxygens (including phenoxy) is 1. The number of rotatable bonds is 6. The topological polar surface area (TPSA) is 97.6 Å². The van der Waals surface area contributed by atoms with Gasteiger partial charge in [-0.25, -0.2) is 14.6 Å². The fourth-order valence-electron chi connectivity index (χ4n) is 3.41. The number of likely N-dealkylation sites (tertiary alicyclic amines) is 1. The molecule has 3 heterocycles. The van der Waals surface area contributed by atoms with Gasteiger partial charge in [0.2, 0.25) is 0 Å². The number of carboxylic acids is 1. The molecule has 8 nitrogen and oxygen atoms in total. The number of carbonyl (C=O) groups is 2. The van der Waals surface area contributed by atoms with Gasteiger partial charge in [-0.05, 0) is 58.7 Å². The highest BCUT2D eigenvalue weighted by Crippen LogP contribution is 2.24. The highest BCUT2D eigenvalue weighted by Gasteiger charge is 2.24. The Bertz CT molecular complexity index is 875. The van der Waals surface area contributed by atoms with Gasteiger partial charge in [0.15, 0.2) is 11.4 Å². The monoisotopic (exact) mass is 420 g/mol. The van der Waals surface area contributed by atoms with Crippen molar-refractivity contribution in [2.24, 2.45) is 13.0 Å². The van der Waals surface area contributed by atoms with Crippen LogP contribution in [0.25, 0.3) is 0 Å². The lowest BCUT2D eigenvalue weighted by atomic mass is 9.94. The quantitative estimate of drug-likeness (QED) is 0.718. The van der Waals surface area contributed by atoms with Crippen molar-refractivity contribution >= 4 is 23.3 Å². The maximum Gasteiger partial charge on any atom is 0.359 e. The highest BCUT2D eigenvalue weighted by molar-refractivity contribution is 7.09. The van der Waals surface area contributed by atoms with Gasteiger partial charge in [0, 0.05) is 25.4 Å². The number of esters is 1. The van der Waals surface area contributed by atoms with Crippen LogP contribution in [0.2, 0.25) is 0 Å². The van der Waals surface area contributed by atoms with Crippen molar-refractivity contribution in [2.45, 2.75) is 52.2 Å². The first-order chi connectivity index (χ1) is 13.6. The summed E-state index contributed by atoms with van der Waals surface area (Å²) in [6, 6.07) is 1.81. The molecule has 0 aliphatic carbocycles. The van der Waals surface area contributed by atoms with E-state index in [4.69, 9.17) is 9.84 Å². The number of nitrogens with zero attached hydrogens (tertiary/aromatic N) is 4. The molecule has 2 aromatic heterocycles. The molecule has 0 amide bonds. The second-order valence-corrected chi connectivity index (χ2v) is 9.44. The minimum absolute atomic E-state index is 0.138. The average Bonchev–Trinajstić information content (AvgIpc) is 3.23. The second kappa shape index (κ2) is 8.62. The van der Waals surface area contributed by atoms with Crippen molar-refractivity contribution in [1.82, 2.24) is 19.7 Å². The van der Waals surface area contributed by atoms with E-state index < -0.39 is 17.5 Å². The molecule has 29 heavy (non-hydrogen) atoms. The summed E-state index contributed by atoms with van der Waals surface area (Å²) in [7, 11) is 1.85. The van der Waals surface area contributed by atoms with E-state index >= 15 is 0 Å². The number of hydrogen-bond donors (Lipinski definition) is 1. The predicted octanol–water partition coefficient (Wildman–Crippen LogP) is 2.98. The summed E-state index contributed by atoms with van der Waals surface area (Å²) in [5, 5.41) is 15.8. The zero-order valence-corrected chi connectivity index (χ0v) is 18.2. The van der Waals surface area contributed by atoms with Gasteiger partial charge >= 0.3 is 11.9 Å². The van der Waals surface area contributed by atoms with Gasteiger partial charge in [-0.1, -0.05) is 0 Å². The molecule has 0 spiro atoms. The minimum Gasteiger partial charge on any atom is -0.476 e. The fourth-order valence-corrected chi connectivity index (χ4v) is 4.30. The largest absolute Gasteiger partial charge is 0.476 e. The molecule has 3 rings (SSSR count). The van der Waals surface area contributed by atoms with E-state index in [9.17, 15) is 9.59 Å². The number of aromatic nitrogens is 3. The molecule has 0 aromatic carbocycles. The van der Waals surface area contributed by atoms with E-state index in [1.54, 1.807) is 10.1 Å². The lowest BCUT2D eigenvalue weighted by Crippen LogP contribution is -2.34. The molecule has 0 atom stereocenters. The standard InChI is InChI=1S/C20H28N4O4S/c1-20(2,3)28-19(27)15-10-14(23(4)22-15)11-24-7-5-13(6-8-24)9-17-21-16(12-29-17)18(25)26/h10,12-13H,5-9,11H2,1-4H3,(H,25,26). The summed E-state index contributed by atoms with van der Waals surface area (Å²) < 4.78 is 7.14. The molecule has 1 aliphatic heterocycles. The summed E-state index contributed by atoms with van der Waals surface area (Å²) >= 11 is 1.43. The van der Waals surface area contributed by atoms with Crippen LogP contribution in [0.4, 0.5) is 0 Å². The van der Waals surface area contributed by atoms with Crippen LogP contribution < -0.4 is 0 Å². The van der Waals surface area contributed by atoms with Crippen molar-refractivity contribution in [3.8, 4) is 0 Å². The first-order valence-corrected chi connectivity index (χ1v) is 10.6. The number of aryl methyl sites for hydroxylation is 1. The Kier molecular flexibility index (Phi) is 6.38. The van der Waals surface area contributed by atoms with E-state index in [1.165, 1.54) is 11.3 Å². The summed E-state index contributed by atoms with van der Waals surface area (Å²) in [5.41, 5.74) is 0.916. The number of aromatic carboxylic acids is 1. The molecular weight excluding hydrogens is 392 g/mol. The number of carbonyl (C=O) groups excluding carboxylic acids is 1. The van der Waals surface area contributed by atoms with Crippen molar-refractivity contribution in [2.75, 3.05) is 13.1 Å². The minimum atomic E-state index is -0.968. The molecule has 9 heteroatoms. The molecule has 0 radical (unpaired) electrons. The third-order valence-corrected chi connectivity index (χ3v) is 5.78. The highest BCUT2D eigenvalue weighted by atomic mass is 32.1. The Morgan fingerprint density at radius 1 is 1.28 bits per heavy atom. The first-order valence-electron chi connectivity index (χ1n) is 9.77. The Balaban J connectivity index is 1.51. The van der Waals surface area contributed by atoms with Gasteiger partial charge in [-0.3, -0.25) is 9.58 Å². The Morgan fingerprint density at radius 2 is 1.97 bits per heavy atom. The molecule has 0 unspecified atom stereocenters. The van der Waals surface area contributed by atoms with Gasteiger partial charge in [-0.15, -0.1) is 11.3 Å². The van der Waals surface area contributed by atoms with Crippen LogP contribution in [-0.2, 0) is 24.8 Å². The van der Waals surface area contributed by atoms with Crippen molar-refractivity contribution < 1.29 is 19.4 Å². The van der Waals surface area contributed by atoms with Gasteiger partial charge in [-0.2, -0.15) is 5.10 Å². The Hall–Kier alpha value is -2.26. The van der Waals surface area contributed by atoms with Crippen LogP contribution in [0.1, 0.15) is 65.3 Å². The van der Waals surface area contributed by atoms with Crippen LogP contribution in [0.3, 0.4) is 0 Å². The van der Waals surface area contributed by atoms with E-state index in [-0.39, 0.29) is 5.69 Å². The number of hydrogen-bond acceptors (Lipinski definition) is 7. The fraction of sp³-hybridized carbons (Fsp3) is 0.600. The Morgan fingerprint density at radius 3 is 2.55 bits per heavy atom. The van der Waals surface area contributed by atoms with E-state index in [0.717, 1.165) is 49.6 Å². The maximum absolute atomic E-state index is 12.2. The molecule has 1 fully saturated rings. The van der Waals surface area contributed by atoms with Crippen molar-refractivity contribution in [3.63, 3.8) is 0 Å². The molecule has 1 N–H and O–H groups in total. The van der Waals surface area contributed by atoms with Gasteiger partial charge in [0.25, 0.3) is 0 Å². The number of piperidine rings is 1. The Labute approximate surface area is 174 Å². The van der Waals surface area contributed by atoms with Crippen molar-refractivity contribution in [3.05, 3.63) is 33.5 Å². The predicted molar refractivity (Wildman–Crippen MR) is 109 cm³/mol.